The van der Waals surface area contributed by atoms with Gasteiger partial charge in [0.1, 0.15) is 0 Å². The highest BCUT2D eigenvalue weighted by Crippen LogP contribution is 2.31. The lowest BCUT2D eigenvalue weighted by atomic mass is 9.88. The predicted octanol–water partition coefficient (Wildman–Crippen LogP) is 2.47. The van der Waals surface area contributed by atoms with E-state index in [1.165, 1.54) is 0 Å². The first kappa shape index (κ1) is 19.6. The molecule has 2 aliphatic rings. The largest absolute Gasteiger partial charge is 0.445 e. The number of hydrogen-bond donors (Lipinski definition) is 2. The summed E-state index contributed by atoms with van der Waals surface area (Å²) in [5.41, 5.74) is 2.25. The highest BCUT2D eigenvalue weighted by atomic mass is 16.6. The SMILES string of the molecule is Cc1ccc2c(c1)C(=O)OC(C)(C(=O)Nc1ccc(C)c(N3C(=O)CNC3=O)c1)C2. The van der Waals surface area contributed by atoms with Crippen molar-refractivity contribution < 1.29 is 23.9 Å². The van der Waals surface area contributed by atoms with E-state index in [4.69, 9.17) is 4.74 Å². The van der Waals surface area contributed by atoms with E-state index in [1.54, 1.807) is 38.1 Å². The Kier molecular flexibility index (Phi) is 4.57. The van der Waals surface area contributed by atoms with E-state index in [0.717, 1.165) is 16.0 Å². The summed E-state index contributed by atoms with van der Waals surface area (Å²) in [6.07, 6.45) is 0.242. The zero-order valence-electron chi connectivity index (χ0n) is 16.9. The molecule has 1 fully saturated rings. The number of aryl methyl sites for hydroxylation is 2. The molecule has 2 N–H and O–H groups in total. The summed E-state index contributed by atoms with van der Waals surface area (Å²) < 4.78 is 5.50. The van der Waals surface area contributed by atoms with Crippen molar-refractivity contribution in [2.24, 2.45) is 0 Å². The minimum Gasteiger partial charge on any atom is -0.445 e. The molecule has 0 spiro atoms. The Bertz CT molecular complexity index is 1090. The van der Waals surface area contributed by atoms with Gasteiger partial charge in [-0.15, -0.1) is 0 Å². The molecule has 2 heterocycles. The number of anilines is 2. The maximum atomic E-state index is 13.0. The summed E-state index contributed by atoms with van der Waals surface area (Å²) in [7, 11) is 0. The molecule has 0 aromatic heterocycles. The summed E-state index contributed by atoms with van der Waals surface area (Å²) >= 11 is 0. The van der Waals surface area contributed by atoms with Crippen molar-refractivity contribution in [3.8, 4) is 0 Å². The topological polar surface area (TPSA) is 105 Å². The second-order valence-electron chi connectivity index (χ2n) is 7.80. The lowest BCUT2D eigenvalue weighted by molar-refractivity contribution is -0.134. The van der Waals surface area contributed by atoms with Gasteiger partial charge in [-0.1, -0.05) is 23.8 Å². The Labute approximate surface area is 173 Å². The minimum absolute atomic E-state index is 0.0677. The lowest BCUT2D eigenvalue weighted by Gasteiger charge is -2.33. The van der Waals surface area contributed by atoms with Crippen molar-refractivity contribution in [2.75, 3.05) is 16.8 Å². The molecule has 1 unspecified atom stereocenters. The number of nitrogens with one attached hydrogen (secondary N) is 2. The van der Waals surface area contributed by atoms with Crippen molar-refractivity contribution in [3.63, 3.8) is 0 Å². The number of carbonyl (C=O) groups is 4. The number of imide groups is 1. The van der Waals surface area contributed by atoms with Gasteiger partial charge in [0.05, 0.1) is 17.8 Å². The molecule has 30 heavy (non-hydrogen) atoms. The maximum Gasteiger partial charge on any atom is 0.339 e. The number of fused-ring (bicyclic) bond motifs is 1. The van der Waals surface area contributed by atoms with Crippen LogP contribution in [0.3, 0.4) is 0 Å². The third-order valence-corrected chi connectivity index (χ3v) is 5.36. The van der Waals surface area contributed by atoms with E-state index < -0.39 is 23.5 Å². The van der Waals surface area contributed by atoms with Gasteiger partial charge >= 0.3 is 12.0 Å². The fourth-order valence-electron chi connectivity index (χ4n) is 3.68. The number of benzene rings is 2. The zero-order valence-corrected chi connectivity index (χ0v) is 16.9. The van der Waals surface area contributed by atoms with Crippen LogP contribution in [0.5, 0.6) is 0 Å². The standard InChI is InChI=1S/C22H21N3O5/c1-12-4-6-14-10-22(3,30-19(27)16(14)8-12)20(28)24-15-7-5-13(2)17(9-15)25-18(26)11-23-21(25)29/h4-9H,10-11H2,1-3H3,(H,23,29)(H,24,28). The smallest absolute Gasteiger partial charge is 0.339 e. The van der Waals surface area contributed by atoms with Crippen LogP contribution in [0, 0.1) is 13.8 Å². The number of rotatable bonds is 3. The molecule has 1 atom stereocenters. The van der Waals surface area contributed by atoms with Gasteiger partial charge in [0, 0.05) is 12.1 Å². The van der Waals surface area contributed by atoms with Crippen LogP contribution < -0.4 is 15.5 Å². The minimum atomic E-state index is -1.38. The number of amides is 4. The molecule has 4 amide bonds. The fourth-order valence-corrected chi connectivity index (χ4v) is 3.68. The molecule has 2 aliphatic heterocycles. The quantitative estimate of drug-likeness (QED) is 0.601. The van der Waals surface area contributed by atoms with Crippen LogP contribution in [0.2, 0.25) is 0 Å². The van der Waals surface area contributed by atoms with Crippen LogP contribution in [0.1, 0.15) is 34.0 Å². The number of carbonyl (C=O) groups excluding carboxylic acids is 4. The average Bonchev–Trinajstić information content (AvgIpc) is 3.02. The second kappa shape index (κ2) is 6.98. The van der Waals surface area contributed by atoms with Crippen LogP contribution in [-0.4, -0.2) is 36.0 Å². The molecule has 0 radical (unpaired) electrons. The van der Waals surface area contributed by atoms with Crippen LogP contribution in [0.4, 0.5) is 16.2 Å². The van der Waals surface area contributed by atoms with E-state index in [-0.39, 0.29) is 18.9 Å². The number of hydrogen-bond acceptors (Lipinski definition) is 5. The summed E-state index contributed by atoms with van der Waals surface area (Å²) in [6, 6.07) is 9.89. The van der Waals surface area contributed by atoms with Gasteiger partial charge in [0.2, 0.25) is 0 Å². The highest BCUT2D eigenvalue weighted by molar-refractivity contribution is 6.20. The van der Waals surface area contributed by atoms with Crippen molar-refractivity contribution in [2.45, 2.75) is 32.8 Å². The lowest BCUT2D eigenvalue weighted by Crippen LogP contribution is -2.49. The second-order valence-corrected chi connectivity index (χ2v) is 7.80. The van der Waals surface area contributed by atoms with E-state index in [2.05, 4.69) is 10.6 Å². The fraction of sp³-hybridized carbons (Fsp3) is 0.273. The van der Waals surface area contributed by atoms with Crippen molar-refractivity contribution in [1.29, 1.82) is 0 Å². The predicted molar refractivity (Wildman–Crippen MR) is 109 cm³/mol. The van der Waals surface area contributed by atoms with Crippen LogP contribution >= 0.6 is 0 Å². The number of ether oxygens (including phenoxy) is 1. The number of urea groups is 1. The molecule has 2 aromatic rings. The van der Waals surface area contributed by atoms with Crippen LogP contribution in [0.25, 0.3) is 0 Å². The van der Waals surface area contributed by atoms with E-state index in [0.29, 0.717) is 22.5 Å². The molecular weight excluding hydrogens is 386 g/mol. The summed E-state index contributed by atoms with van der Waals surface area (Å²) in [5, 5.41) is 5.22. The van der Waals surface area contributed by atoms with E-state index in [9.17, 15) is 19.2 Å². The first-order valence-corrected chi connectivity index (χ1v) is 9.54. The van der Waals surface area contributed by atoms with Gasteiger partial charge in [0.15, 0.2) is 5.60 Å². The normalized spacial score (nSPS) is 20.5. The molecule has 1 saturated heterocycles. The Balaban J connectivity index is 1.59. The summed E-state index contributed by atoms with van der Waals surface area (Å²) in [5.74, 6) is -1.40. The number of cyclic esters (lactones) is 1. The monoisotopic (exact) mass is 407 g/mol. The molecule has 4 rings (SSSR count). The van der Waals surface area contributed by atoms with E-state index in [1.807, 2.05) is 19.1 Å². The van der Waals surface area contributed by atoms with E-state index >= 15 is 0 Å². The molecule has 0 bridgehead atoms. The third-order valence-electron chi connectivity index (χ3n) is 5.36. The number of esters is 1. The first-order valence-electron chi connectivity index (χ1n) is 9.54. The Morgan fingerprint density at radius 1 is 1.13 bits per heavy atom. The van der Waals surface area contributed by atoms with Gasteiger partial charge in [-0.3, -0.25) is 9.59 Å². The Morgan fingerprint density at radius 2 is 1.90 bits per heavy atom. The van der Waals surface area contributed by atoms with Gasteiger partial charge in [-0.25, -0.2) is 14.5 Å². The van der Waals surface area contributed by atoms with Gasteiger partial charge in [0.25, 0.3) is 11.8 Å². The van der Waals surface area contributed by atoms with Gasteiger partial charge < -0.3 is 15.4 Å². The molecular formula is C22H21N3O5. The maximum absolute atomic E-state index is 13.0. The van der Waals surface area contributed by atoms with Crippen molar-refractivity contribution in [1.82, 2.24) is 5.32 Å². The zero-order chi connectivity index (χ0) is 21.6. The summed E-state index contributed by atoms with van der Waals surface area (Å²) in [6.45, 7) is 5.15. The molecule has 2 aromatic carbocycles. The first-order chi connectivity index (χ1) is 14.2. The molecule has 0 aliphatic carbocycles. The van der Waals surface area contributed by atoms with Crippen molar-refractivity contribution >= 4 is 35.2 Å². The Hall–Kier alpha value is -3.68. The van der Waals surface area contributed by atoms with Gasteiger partial charge in [-0.05, 0) is 50.1 Å². The Morgan fingerprint density at radius 3 is 2.60 bits per heavy atom. The van der Waals surface area contributed by atoms with Crippen LogP contribution in [0.15, 0.2) is 36.4 Å². The van der Waals surface area contributed by atoms with Gasteiger partial charge in [-0.2, -0.15) is 0 Å². The number of nitrogens with zero attached hydrogens (tertiary/aromatic N) is 1. The molecule has 8 heteroatoms. The average molecular weight is 407 g/mol. The molecule has 8 nitrogen and oxygen atoms in total. The highest BCUT2D eigenvalue weighted by Gasteiger charge is 2.43. The van der Waals surface area contributed by atoms with Crippen molar-refractivity contribution in [3.05, 3.63) is 58.7 Å². The van der Waals surface area contributed by atoms with Crippen LogP contribution in [-0.2, 0) is 20.7 Å². The molecule has 154 valence electrons. The summed E-state index contributed by atoms with van der Waals surface area (Å²) in [4.78, 5) is 50.6. The molecule has 0 saturated carbocycles. The third kappa shape index (κ3) is 3.30.